The second-order valence-electron chi connectivity index (χ2n) is 6.64. The summed E-state index contributed by atoms with van der Waals surface area (Å²) in [4.78, 5) is 51.6. The van der Waals surface area contributed by atoms with Crippen molar-refractivity contribution < 1.29 is 34.5 Å². The average Bonchev–Trinajstić information content (AvgIpc) is 2.63. The van der Waals surface area contributed by atoms with E-state index < -0.39 is 17.9 Å². The topological polar surface area (TPSA) is 142 Å². The quantitative estimate of drug-likeness (QED) is 0.217. The summed E-state index contributed by atoms with van der Waals surface area (Å²) in [5.41, 5.74) is 0. The molecule has 0 saturated carbocycles. The Balaban J connectivity index is 2.72. The van der Waals surface area contributed by atoms with Crippen LogP contribution in [-0.2, 0) is 19.2 Å². The highest BCUT2D eigenvalue weighted by atomic mass is 127. The fourth-order valence-corrected chi connectivity index (χ4v) is 3.45. The molecule has 3 N–H and O–H groups in total. The summed E-state index contributed by atoms with van der Waals surface area (Å²) < 4.78 is -0.149. The van der Waals surface area contributed by atoms with E-state index in [0.717, 1.165) is 0 Å². The number of halogens is 1. The lowest BCUT2D eigenvalue weighted by Gasteiger charge is -2.27. The Labute approximate surface area is 177 Å². The second kappa shape index (κ2) is 13.0. The van der Waals surface area contributed by atoms with Gasteiger partial charge < -0.3 is 15.3 Å². The van der Waals surface area contributed by atoms with Crippen LogP contribution in [0.25, 0.3) is 0 Å². The van der Waals surface area contributed by atoms with Gasteiger partial charge in [0, 0.05) is 74.9 Å². The standard InChI is InChI=1S/C16H27IN4O7/c17-13(22)9-21(12-16(27)28)8-3-18-1-4-19(10-14(23)24)6-7-20(5-2-18)11-15(25)26/h1-12H2,(H,23,24)(H,25,26)(H,27,28). The Hall–Kier alpha value is -1.35. The third-order valence-corrected chi connectivity index (χ3v) is 4.70. The molecule has 1 aliphatic heterocycles. The van der Waals surface area contributed by atoms with E-state index in [1.165, 1.54) is 0 Å². The highest BCUT2D eigenvalue weighted by Crippen LogP contribution is 2.02. The minimum absolute atomic E-state index is 0.0387. The van der Waals surface area contributed by atoms with Gasteiger partial charge in [-0.15, -0.1) is 0 Å². The molecule has 0 spiro atoms. The Bertz CT molecular complexity index is 519. The van der Waals surface area contributed by atoms with Crippen molar-refractivity contribution in [3.8, 4) is 0 Å². The molecule has 0 unspecified atom stereocenters. The van der Waals surface area contributed by atoms with E-state index in [9.17, 15) is 19.2 Å². The van der Waals surface area contributed by atoms with Crippen LogP contribution in [0.15, 0.2) is 0 Å². The van der Waals surface area contributed by atoms with Gasteiger partial charge in [0.05, 0.1) is 26.2 Å². The van der Waals surface area contributed by atoms with Crippen molar-refractivity contribution >= 4 is 44.3 Å². The number of carbonyl (C=O) groups excluding carboxylic acids is 1. The Morgan fingerprint density at radius 3 is 1.50 bits per heavy atom. The van der Waals surface area contributed by atoms with Crippen LogP contribution in [0.1, 0.15) is 0 Å². The van der Waals surface area contributed by atoms with E-state index in [2.05, 4.69) is 0 Å². The largest absolute Gasteiger partial charge is 0.480 e. The molecule has 0 aliphatic carbocycles. The van der Waals surface area contributed by atoms with E-state index in [1.54, 1.807) is 37.3 Å². The molecule has 12 heteroatoms. The Morgan fingerprint density at radius 2 is 1.14 bits per heavy atom. The number of hydrogen-bond donors (Lipinski definition) is 3. The monoisotopic (exact) mass is 514 g/mol. The first-order chi connectivity index (χ1) is 13.2. The van der Waals surface area contributed by atoms with Gasteiger partial charge in [-0.3, -0.25) is 38.8 Å². The second-order valence-corrected chi connectivity index (χ2v) is 7.84. The molecular formula is C16H27IN4O7. The number of hydrogen-bond acceptors (Lipinski definition) is 8. The molecule has 0 bridgehead atoms. The van der Waals surface area contributed by atoms with Crippen molar-refractivity contribution in [1.29, 1.82) is 0 Å². The molecule has 1 saturated heterocycles. The van der Waals surface area contributed by atoms with Crippen LogP contribution in [0.4, 0.5) is 0 Å². The molecule has 1 heterocycles. The van der Waals surface area contributed by atoms with Crippen LogP contribution in [0.5, 0.6) is 0 Å². The predicted octanol–water partition coefficient (Wildman–Crippen LogP) is -1.58. The van der Waals surface area contributed by atoms with Crippen LogP contribution in [-0.4, -0.2) is 135 Å². The van der Waals surface area contributed by atoms with Crippen LogP contribution in [0.3, 0.4) is 0 Å². The van der Waals surface area contributed by atoms with Crippen molar-refractivity contribution in [2.24, 2.45) is 0 Å². The maximum atomic E-state index is 11.3. The van der Waals surface area contributed by atoms with Gasteiger partial charge in [-0.25, -0.2) is 0 Å². The molecule has 0 radical (unpaired) electrons. The maximum Gasteiger partial charge on any atom is 0.317 e. The van der Waals surface area contributed by atoms with E-state index >= 15 is 0 Å². The molecule has 1 fully saturated rings. The minimum atomic E-state index is -1.01. The van der Waals surface area contributed by atoms with Crippen LogP contribution in [0.2, 0.25) is 0 Å². The zero-order chi connectivity index (χ0) is 21.1. The summed E-state index contributed by atoms with van der Waals surface area (Å²) in [5.74, 6) is -2.89. The number of aliphatic carboxylic acids is 3. The lowest BCUT2D eigenvalue weighted by Crippen LogP contribution is -2.43. The summed E-state index contributed by atoms with van der Waals surface area (Å²) in [5, 5.41) is 27.1. The summed E-state index contributed by atoms with van der Waals surface area (Å²) in [7, 11) is 0. The van der Waals surface area contributed by atoms with Gasteiger partial charge in [-0.1, -0.05) is 0 Å². The number of carboxylic acid groups (broad SMARTS) is 3. The van der Waals surface area contributed by atoms with Gasteiger partial charge in [-0.05, 0) is 0 Å². The smallest absolute Gasteiger partial charge is 0.317 e. The van der Waals surface area contributed by atoms with E-state index in [4.69, 9.17) is 15.3 Å². The number of rotatable bonds is 11. The molecule has 0 aromatic heterocycles. The van der Waals surface area contributed by atoms with Crippen LogP contribution in [0, 0.1) is 0 Å². The fraction of sp³-hybridized carbons (Fsp3) is 0.750. The highest BCUT2D eigenvalue weighted by Gasteiger charge is 2.20. The first-order valence-electron chi connectivity index (χ1n) is 8.89. The van der Waals surface area contributed by atoms with Crippen molar-refractivity contribution in [3.63, 3.8) is 0 Å². The SMILES string of the molecule is O=C(O)CN1CCN(CCN(CC(=O)O)CC(=O)I)CCN(CC(=O)O)CC1. The van der Waals surface area contributed by atoms with Gasteiger partial charge in [0.1, 0.15) is 0 Å². The first kappa shape index (κ1) is 24.7. The van der Waals surface area contributed by atoms with E-state index in [1.807, 2.05) is 4.90 Å². The lowest BCUT2D eigenvalue weighted by atomic mass is 10.3. The third kappa shape index (κ3) is 11.5. The zero-order valence-electron chi connectivity index (χ0n) is 15.6. The minimum Gasteiger partial charge on any atom is -0.480 e. The summed E-state index contributed by atoms with van der Waals surface area (Å²) in [6.07, 6.45) is 0. The van der Waals surface area contributed by atoms with Crippen molar-refractivity contribution in [2.75, 3.05) is 78.5 Å². The lowest BCUT2D eigenvalue weighted by molar-refractivity contribution is -0.140. The summed E-state index contributed by atoms with van der Waals surface area (Å²) >= 11 is 1.63. The molecule has 0 aromatic rings. The van der Waals surface area contributed by atoms with E-state index in [-0.39, 0.29) is 30.0 Å². The van der Waals surface area contributed by atoms with Gasteiger partial charge >= 0.3 is 17.9 Å². The Kier molecular flexibility index (Phi) is 11.4. The van der Waals surface area contributed by atoms with Gasteiger partial charge in [-0.2, -0.15) is 0 Å². The molecule has 0 aromatic carbocycles. The molecule has 11 nitrogen and oxygen atoms in total. The molecular weight excluding hydrogens is 487 g/mol. The normalized spacial score (nSPS) is 17.6. The third-order valence-electron chi connectivity index (χ3n) is 4.35. The summed E-state index contributed by atoms with van der Waals surface area (Å²) in [6, 6.07) is 0. The van der Waals surface area contributed by atoms with Crippen molar-refractivity contribution in [2.45, 2.75) is 0 Å². The van der Waals surface area contributed by atoms with Crippen LogP contribution >= 0.6 is 22.6 Å². The van der Waals surface area contributed by atoms with Crippen molar-refractivity contribution in [3.05, 3.63) is 0 Å². The molecule has 160 valence electrons. The molecule has 1 aliphatic rings. The highest BCUT2D eigenvalue weighted by molar-refractivity contribution is 14.1. The van der Waals surface area contributed by atoms with Gasteiger partial charge in [0.2, 0.25) is 3.79 Å². The Morgan fingerprint density at radius 1 is 0.714 bits per heavy atom. The fourth-order valence-electron chi connectivity index (χ4n) is 2.97. The van der Waals surface area contributed by atoms with Crippen molar-refractivity contribution in [1.82, 2.24) is 19.6 Å². The molecule has 0 atom stereocenters. The number of carboxylic acids is 3. The zero-order valence-corrected chi connectivity index (χ0v) is 17.8. The molecule has 0 amide bonds. The summed E-state index contributed by atoms with van der Waals surface area (Å²) in [6.45, 7) is 3.53. The van der Waals surface area contributed by atoms with Gasteiger partial charge in [0.25, 0.3) is 0 Å². The van der Waals surface area contributed by atoms with E-state index in [0.29, 0.717) is 52.4 Å². The maximum absolute atomic E-state index is 11.3. The first-order valence-corrected chi connectivity index (χ1v) is 9.96. The predicted molar refractivity (Wildman–Crippen MR) is 108 cm³/mol. The molecule has 28 heavy (non-hydrogen) atoms. The van der Waals surface area contributed by atoms with Gasteiger partial charge in [0.15, 0.2) is 0 Å². The van der Waals surface area contributed by atoms with Crippen LogP contribution < -0.4 is 0 Å². The number of nitrogens with zero attached hydrogens (tertiary/aromatic N) is 4. The number of carbonyl (C=O) groups is 4. The average molecular weight is 514 g/mol. The molecule has 1 rings (SSSR count).